The van der Waals surface area contributed by atoms with Crippen LogP contribution in [0.3, 0.4) is 0 Å². The molecule has 0 saturated heterocycles. The van der Waals surface area contributed by atoms with E-state index >= 15 is 0 Å². The van der Waals surface area contributed by atoms with Gasteiger partial charge in [-0.3, -0.25) is 0 Å². The summed E-state index contributed by atoms with van der Waals surface area (Å²) in [4.78, 5) is 0. The third-order valence-corrected chi connectivity index (χ3v) is 8.42. The van der Waals surface area contributed by atoms with Crippen molar-refractivity contribution in [3.05, 3.63) is 174 Å². The first-order chi connectivity index (χ1) is 23.9. The van der Waals surface area contributed by atoms with E-state index in [4.69, 9.17) is 15.6 Å². The monoisotopic (exact) mass is 638 g/mol. The number of hydrogen-bond donors (Lipinski definition) is 2. The number of fused-ring (bicyclic) bond motifs is 4. The maximum absolute atomic E-state index is 9.25. The zero-order valence-corrected chi connectivity index (χ0v) is 27.9. The van der Waals surface area contributed by atoms with Crippen molar-refractivity contribution in [3.63, 3.8) is 0 Å². The predicted molar refractivity (Wildman–Crippen MR) is 205 cm³/mol. The predicted octanol–water partition coefficient (Wildman–Crippen LogP) is 11.1. The lowest BCUT2D eigenvalue weighted by atomic mass is 10.00. The zero-order valence-electron chi connectivity index (χ0n) is 27.9. The van der Waals surface area contributed by atoms with Gasteiger partial charge >= 0.3 is 0 Å². The first-order valence-electron chi connectivity index (χ1n) is 16.4. The standard InChI is InChI=1S/C37H30N4O.C7H8/c1-3-5-25(6-4-2)26-8-10-27(11-9-26)33(39)22-34(40)28-12-15-36-31(20-28)32-21-30(13-16-37(32)42-36)41-18-17-29-19-24(23-38)7-14-35(29)41;1-7-5-3-2-4-6-7/h3,5-22,40H,4,39H2,1-2H3;2-6H,1H3/b5-3-,25-6+,33-22-,40-34?;. The minimum absolute atomic E-state index is 0.328. The molecule has 0 spiro atoms. The van der Waals surface area contributed by atoms with Crippen molar-refractivity contribution >= 4 is 49.8 Å². The Balaban J connectivity index is 0.000000531. The quantitative estimate of drug-likeness (QED) is 0.134. The molecule has 0 radical (unpaired) electrons. The van der Waals surface area contributed by atoms with E-state index in [-0.39, 0.29) is 0 Å². The lowest BCUT2D eigenvalue weighted by Crippen LogP contribution is -2.02. The van der Waals surface area contributed by atoms with E-state index in [9.17, 15) is 5.26 Å². The summed E-state index contributed by atoms with van der Waals surface area (Å²) in [5, 5.41) is 21.0. The molecular weight excluding hydrogens is 601 g/mol. The molecule has 0 bridgehead atoms. The normalized spacial score (nSPS) is 12.0. The summed E-state index contributed by atoms with van der Waals surface area (Å²) in [5.41, 5.74) is 16.8. The lowest BCUT2D eigenvalue weighted by Gasteiger charge is -2.07. The van der Waals surface area contributed by atoms with Gasteiger partial charge in [-0.1, -0.05) is 85.3 Å². The molecule has 49 heavy (non-hydrogen) atoms. The molecule has 7 rings (SSSR count). The fourth-order valence-corrected chi connectivity index (χ4v) is 5.91. The molecule has 5 aromatic carbocycles. The third-order valence-electron chi connectivity index (χ3n) is 8.42. The largest absolute Gasteiger partial charge is 0.456 e. The molecule has 0 aliphatic carbocycles. The molecule has 2 heterocycles. The summed E-state index contributed by atoms with van der Waals surface area (Å²) >= 11 is 0. The molecule has 7 aromatic rings. The Hall–Kier alpha value is -6.38. The van der Waals surface area contributed by atoms with Gasteiger partial charge in [-0.2, -0.15) is 5.26 Å². The molecule has 0 fully saturated rings. The summed E-state index contributed by atoms with van der Waals surface area (Å²) in [6.45, 7) is 6.23. The molecular formula is C44H38N4O. The summed E-state index contributed by atoms with van der Waals surface area (Å²) in [6.07, 6.45) is 11.0. The fourth-order valence-electron chi connectivity index (χ4n) is 5.91. The topological polar surface area (TPSA) is 91.7 Å². The highest BCUT2D eigenvalue weighted by atomic mass is 16.3. The number of nitrogens with one attached hydrogen (secondary N) is 1. The van der Waals surface area contributed by atoms with E-state index in [0.717, 1.165) is 61.6 Å². The fraction of sp³-hybridized carbons (Fsp3) is 0.0909. The van der Waals surface area contributed by atoms with Crippen LogP contribution in [-0.2, 0) is 0 Å². The van der Waals surface area contributed by atoms with Gasteiger partial charge in [0.15, 0.2) is 0 Å². The summed E-state index contributed by atoms with van der Waals surface area (Å²) in [7, 11) is 0. The van der Waals surface area contributed by atoms with Gasteiger partial charge in [-0.25, -0.2) is 0 Å². The third kappa shape index (κ3) is 7.15. The van der Waals surface area contributed by atoms with Crippen LogP contribution in [0.1, 0.15) is 48.1 Å². The number of benzene rings is 5. The number of nitrogens with two attached hydrogens (primary N) is 1. The minimum Gasteiger partial charge on any atom is -0.456 e. The number of aromatic nitrogens is 1. The van der Waals surface area contributed by atoms with E-state index in [2.05, 4.69) is 67.0 Å². The molecule has 240 valence electrons. The van der Waals surface area contributed by atoms with Crippen molar-refractivity contribution in [2.45, 2.75) is 27.2 Å². The number of nitrogens with zero attached hydrogens (tertiary/aromatic N) is 2. The Morgan fingerprint density at radius 2 is 1.53 bits per heavy atom. The van der Waals surface area contributed by atoms with E-state index < -0.39 is 0 Å². The van der Waals surface area contributed by atoms with Gasteiger partial charge in [0.25, 0.3) is 0 Å². The van der Waals surface area contributed by atoms with Gasteiger partial charge in [0.2, 0.25) is 0 Å². The number of nitriles is 1. The lowest BCUT2D eigenvalue weighted by molar-refractivity contribution is 0.669. The summed E-state index contributed by atoms with van der Waals surface area (Å²) < 4.78 is 8.23. The first kappa shape index (κ1) is 32.6. The van der Waals surface area contributed by atoms with Crippen LogP contribution in [-0.4, -0.2) is 10.3 Å². The maximum atomic E-state index is 9.25. The Bertz CT molecular complexity index is 2410. The smallest absolute Gasteiger partial charge is 0.135 e. The van der Waals surface area contributed by atoms with Crippen molar-refractivity contribution in [2.24, 2.45) is 5.73 Å². The van der Waals surface area contributed by atoms with E-state index in [1.807, 2.05) is 104 Å². The number of aryl methyl sites for hydroxylation is 1. The molecule has 0 aliphatic rings. The van der Waals surface area contributed by atoms with Gasteiger partial charge in [-0.15, -0.1) is 0 Å². The Morgan fingerprint density at radius 1 is 0.837 bits per heavy atom. The van der Waals surface area contributed by atoms with E-state index in [1.165, 1.54) is 11.1 Å². The second-order valence-corrected chi connectivity index (χ2v) is 11.9. The number of furan rings is 1. The highest BCUT2D eigenvalue weighted by Gasteiger charge is 2.12. The van der Waals surface area contributed by atoms with Crippen LogP contribution in [0.2, 0.25) is 0 Å². The molecule has 3 N–H and O–H groups in total. The molecule has 0 aliphatic heterocycles. The summed E-state index contributed by atoms with van der Waals surface area (Å²) in [5.74, 6) is 0. The Kier molecular flexibility index (Phi) is 9.69. The van der Waals surface area contributed by atoms with Crippen LogP contribution in [0, 0.1) is 23.7 Å². The maximum Gasteiger partial charge on any atom is 0.135 e. The first-order valence-corrected chi connectivity index (χ1v) is 16.4. The molecule has 5 heteroatoms. The Labute approximate surface area is 287 Å². The van der Waals surface area contributed by atoms with Crippen molar-refractivity contribution in [1.82, 2.24) is 4.57 Å². The number of rotatable bonds is 7. The SMILES string of the molecule is C/C=C\C(=C/CC)c1ccc(/C(N)=C/C(=N)c2ccc3oc4ccc(-n5ccc6cc(C#N)ccc65)cc4c3c2)cc1.Cc1ccccc1. The number of hydrogen-bond acceptors (Lipinski definition) is 4. The van der Waals surface area contributed by atoms with Crippen LogP contribution in [0.25, 0.3) is 49.8 Å². The molecule has 0 amide bonds. The van der Waals surface area contributed by atoms with Crippen LogP contribution in [0.4, 0.5) is 0 Å². The van der Waals surface area contributed by atoms with Crippen LogP contribution < -0.4 is 5.73 Å². The van der Waals surface area contributed by atoms with Crippen molar-refractivity contribution < 1.29 is 4.42 Å². The number of allylic oxidation sites excluding steroid dienone is 5. The van der Waals surface area contributed by atoms with Gasteiger partial charge in [-0.05, 0) is 104 Å². The second-order valence-electron chi connectivity index (χ2n) is 11.9. The highest BCUT2D eigenvalue weighted by molar-refractivity contribution is 6.14. The van der Waals surface area contributed by atoms with E-state index in [1.54, 1.807) is 6.08 Å². The van der Waals surface area contributed by atoms with Gasteiger partial charge < -0.3 is 20.1 Å². The van der Waals surface area contributed by atoms with Crippen LogP contribution >= 0.6 is 0 Å². The van der Waals surface area contributed by atoms with E-state index in [0.29, 0.717) is 17.0 Å². The van der Waals surface area contributed by atoms with Crippen molar-refractivity contribution in [1.29, 1.82) is 10.7 Å². The molecule has 0 atom stereocenters. The molecule has 0 unspecified atom stereocenters. The van der Waals surface area contributed by atoms with Crippen molar-refractivity contribution in [2.75, 3.05) is 0 Å². The molecule has 5 nitrogen and oxygen atoms in total. The average molecular weight is 639 g/mol. The molecule has 2 aromatic heterocycles. The molecule has 0 saturated carbocycles. The summed E-state index contributed by atoms with van der Waals surface area (Å²) in [6, 6.07) is 40.2. The van der Waals surface area contributed by atoms with Gasteiger partial charge in [0, 0.05) is 39.3 Å². The van der Waals surface area contributed by atoms with Gasteiger partial charge in [0.1, 0.15) is 11.2 Å². The zero-order chi connectivity index (χ0) is 34.3. The van der Waals surface area contributed by atoms with Crippen LogP contribution in [0.5, 0.6) is 0 Å². The Morgan fingerprint density at radius 3 is 2.20 bits per heavy atom. The van der Waals surface area contributed by atoms with Gasteiger partial charge in [0.05, 0.1) is 22.9 Å². The second kappa shape index (κ2) is 14.6. The highest BCUT2D eigenvalue weighted by Crippen LogP contribution is 2.32. The van der Waals surface area contributed by atoms with Crippen molar-refractivity contribution in [3.8, 4) is 11.8 Å². The minimum atomic E-state index is 0.328. The average Bonchev–Trinajstić information content (AvgIpc) is 3.72. The van der Waals surface area contributed by atoms with Crippen LogP contribution in [0.15, 0.2) is 150 Å².